The van der Waals surface area contributed by atoms with E-state index in [1.54, 1.807) is 42.5 Å². The average Bonchev–Trinajstić information content (AvgIpc) is 2.61. The number of carbonyl (C=O) groups excluding carboxylic acids is 1. The van der Waals surface area contributed by atoms with Gasteiger partial charge in [0, 0.05) is 6.54 Å². The molecule has 5 nitrogen and oxygen atoms in total. The molecule has 0 spiro atoms. The first-order valence-electron chi connectivity index (χ1n) is 8.06. The van der Waals surface area contributed by atoms with E-state index >= 15 is 0 Å². The van der Waals surface area contributed by atoms with Crippen LogP contribution in [0.1, 0.15) is 19.8 Å². The molecular formula is C18H21ClN2O3S. The van der Waals surface area contributed by atoms with E-state index in [-0.39, 0.29) is 28.1 Å². The highest BCUT2D eigenvalue weighted by Crippen LogP contribution is 2.30. The van der Waals surface area contributed by atoms with Gasteiger partial charge in [-0.15, -0.1) is 0 Å². The summed E-state index contributed by atoms with van der Waals surface area (Å²) in [5.41, 5.74) is 0.277. The molecule has 2 rings (SSSR count). The van der Waals surface area contributed by atoms with E-state index in [1.807, 2.05) is 6.92 Å². The molecule has 25 heavy (non-hydrogen) atoms. The predicted molar refractivity (Wildman–Crippen MR) is 100 cm³/mol. The van der Waals surface area contributed by atoms with E-state index in [9.17, 15) is 13.2 Å². The molecule has 0 fully saturated rings. The van der Waals surface area contributed by atoms with E-state index in [0.29, 0.717) is 6.54 Å². The van der Waals surface area contributed by atoms with Crippen LogP contribution >= 0.6 is 11.6 Å². The maximum absolute atomic E-state index is 13.0. The molecule has 0 atom stereocenters. The van der Waals surface area contributed by atoms with Gasteiger partial charge in [-0.1, -0.05) is 55.3 Å². The molecule has 0 aliphatic carbocycles. The summed E-state index contributed by atoms with van der Waals surface area (Å²) in [6.45, 7) is 2.20. The molecule has 0 saturated carbocycles. The van der Waals surface area contributed by atoms with Gasteiger partial charge in [-0.2, -0.15) is 0 Å². The van der Waals surface area contributed by atoms with Crippen molar-refractivity contribution >= 4 is 33.2 Å². The molecule has 2 aromatic rings. The van der Waals surface area contributed by atoms with Crippen LogP contribution in [0.2, 0.25) is 5.02 Å². The summed E-state index contributed by atoms with van der Waals surface area (Å²) in [6, 6.07) is 14.6. The van der Waals surface area contributed by atoms with Crippen LogP contribution in [0.25, 0.3) is 0 Å². The normalized spacial score (nSPS) is 11.1. The number of anilines is 1. The molecule has 2 aromatic carbocycles. The topological polar surface area (TPSA) is 66.5 Å². The summed E-state index contributed by atoms with van der Waals surface area (Å²) in [5.74, 6) is -0.368. The number of nitrogens with zero attached hydrogens (tertiary/aromatic N) is 1. The van der Waals surface area contributed by atoms with Gasteiger partial charge in [0.2, 0.25) is 5.91 Å². The van der Waals surface area contributed by atoms with Crippen LogP contribution in [0.4, 0.5) is 5.69 Å². The Hall–Kier alpha value is -2.05. The SMILES string of the molecule is CCCCNC(=O)CN(c1ccccc1Cl)S(=O)(=O)c1ccccc1. The fourth-order valence-electron chi connectivity index (χ4n) is 2.26. The van der Waals surface area contributed by atoms with Crippen molar-refractivity contribution in [1.29, 1.82) is 0 Å². The maximum atomic E-state index is 13.0. The third-order valence-corrected chi connectivity index (χ3v) is 5.69. The Balaban J connectivity index is 2.36. The second-order valence-corrected chi connectivity index (χ2v) is 7.75. The fraction of sp³-hybridized carbons (Fsp3) is 0.278. The second kappa shape index (κ2) is 8.87. The van der Waals surface area contributed by atoms with E-state index < -0.39 is 10.0 Å². The first-order valence-corrected chi connectivity index (χ1v) is 9.87. The zero-order chi connectivity index (χ0) is 18.3. The quantitative estimate of drug-likeness (QED) is 0.713. The van der Waals surface area contributed by atoms with Crippen LogP contribution in [0.5, 0.6) is 0 Å². The van der Waals surface area contributed by atoms with Gasteiger partial charge in [0.15, 0.2) is 0 Å². The number of para-hydroxylation sites is 1. The third kappa shape index (κ3) is 4.96. The van der Waals surface area contributed by atoms with Crippen molar-refractivity contribution in [1.82, 2.24) is 5.32 Å². The van der Waals surface area contributed by atoms with Gasteiger partial charge in [-0.3, -0.25) is 9.10 Å². The number of hydrogen-bond acceptors (Lipinski definition) is 3. The van der Waals surface area contributed by atoms with Crippen molar-refractivity contribution in [2.45, 2.75) is 24.7 Å². The van der Waals surface area contributed by atoms with Gasteiger partial charge < -0.3 is 5.32 Å². The standard InChI is InChI=1S/C18H21ClN2O3S/c1-2-3-13-20-18(22)14-21(17-12-8-7-11-16(17)19)25(23,24)15-9-5-4-6-10-15/h4-12H,2-3,13-14H2,1H3,(H,20,22). The first kappa shape index (κ1) is 19.3. The predicted octanol–water partition coefficient (Wildman–Crippen LogP) is 3.45. The molecule has 134 valence electrons. The van der Waals surface area contributed by atoms with Crippen LogP contribution in [-0.4, -0.2) is 27.4 Å². The number of nitrogens with one attached hydrogen (secondary N) is 1. The van der Waals surface area contributed by atoms with Gasteiger partial charge >= 0.3 is 0 Å². The Bertz CT molecular complexity index is 810. The molecule has 7 heteroatoms. The van der Waals surface area contributed by atoms with E-state index in [0.717, 1.165) is 17.1 Å². The van der Waals surface area contributed by atoms with Crippen LogP contribution in [-0.2, 0) is 14.8 Å². The molecule has 0 heterocycles. The molecule has 0 aromatic heterocycles. The number of rotatable bonds is 8. The van der Waals surface area contributed by atoms with Gasteiger partial charge in [0.05, 0.1) is 15.6 Å². The van der Waals surface area contributed by atoms with Crippen LogP contribution in [0, 0.1) is 0 Å². The molecule has 0 bridgehead atoms. The number of carbonyl (C=O) groups is 1. The highest BCUT2D eigenvalue weighted by Gasteiger charge is 2.28. The summed E-state index contributed by atoms with van der Waals surface area (Å²) in [6.07, 6.45) is 1.78. The van der Waals surface area contributed by atoms with Crippen molar-refractivity contribution < 1.29 is 13.2 Å². The highest BCUT2D eigenvalue weighted by molar-refractivity contribution is 7.92. The average molecular weight is 381 g/mol. The Morgan fingerprint density at radius 2 is 1.72 bits per heavy atom. The smallest absolute Gasteiger partial charge is 0.264 e. The minimum atomic E-state index is -3.91. The molecule has 0 unspecified atom stereocenters. The Kier molecular flexibility index (Phi) is 6.84. The summed E-state index contributed by atoms with van der Waals surface area (Å²) < 4.78 is 27.1. The maximum Gasteiger partial charge on any atom is 0.264 e. The van der Waals surface area contributed by atoms with Gasteiger partial charge in [-0.05, 0) is 30.7 Å². The largest absolute Gasteiger partial charge is 0.355 e. The van der Waals surface area contributed by atoms with Crippen LogP contribution in [0.15, 0.2) is 59.5 Å². The molecule has 0 aliphatic heterocycles. The zero-order valence-corrected chi connectivity index (χ0v) is 15.6. The minimum absolute atomic E-state index is 0.108. The number of amides is 1. The number of benzene rings is 2. The lowest BCUT2D eigenvalue weighted by Crippen LogP contribution is -2.41. The van der Waals surface area contributed by atoms with Crippen molar-refractivity contribution in [3.05, 3.63) is 59.6 Å². The lowest BCUT2D eigenvalue weighted by atomic mass is 10.3. The summed E-state index contributed by atoms with van der Waals surface area (Å²) in [7, 11) is -3.91. The third-order valence-electron chi connectivity index (χ3n) is 3.59. The van der Waals surface area contributed by atoms with E-state index in [4.69, 9.17) is 11.6 Å². The lowest BCUT2D eigenvalue weighted by molar-refractivity contribution is -0.119. The summed E-state index contributed by atoms with van der Waals surface area (Å²) in [4.78, 5) is 12.3. The summed E-state index contributed by atoms with van der Waals surface area (Å²) in [5, 5.41) is 3.01. The highest BCUT2D eigenvalue weighted by atomic mass is 35.5. The van der Waals surface area contributed by atoms with Gasteiger partial charge in [0.1, 0.15) is 6.54 Å². The molecule has 0 aliphatic rings. The number of halogens is 1. The lowest BCUT2D eigenvalue weighted by Gasteiger charge is -2.25. The fourth-order valence-corrected chi connectivity index (χ4v) is 4.01. The molecule has 1 N–H and O–H groups in total. The van der Waals surface area contributed by atoms with E-state index in [2.05, 4.69) is 5.32 Å². The van der Waals surface area contributed by atoms with Crippen molar-refractivity contribution in [2.75, 3.05) is 17.4 Å². The zero-order valence-electron chi connectivity index (χ0n) is 14.0. The summed E-state index contributed by atoms with van der Waals surface area (Å²) >= 11 is 6.18. The molecular weight excluding hydrogens is 360 g/mol. The van der Waals surface area contributed by atoms with Crippen molar-refractivity contribution in [3.63, 3.8) is 0 Å². The van der Waals surface area contributed by atoms with E-state index in [1.165, 1.54) is 12.1 Å². The van der Waals surface area contributed by atoms with Crippen LogP contribution < -0.4 is 9.62 Å². The van der Waals surface area contributed by atoms with Crippen LogP contribution in [0.3, 0.4) is 0 Å². The van der Waals surface area contributed by atoms with Gasteiger partial charge in [0.25, 0.3) is 10.0 Å². The first-order chi connectivity index (χ1) is 12.0. The Labute approximate surface area is 153 Å². The monoisotopic (exact) mass is 380 g/mol. The molecule has 0 saturated heterocycles. The van der Waals surface area contributed by atoms with Crippen molar-refractivity contribution in [3.8, 4) is 0 Å². The molecule has 0 radical (unpaired) electrons. The number of sulfonamides is 1. The Morgan fingerprint density at radius 1 is 1.08 bits per heavy atom. The molecule has 1 amide bonds. The second-order valence-electron chi connectivity index (χ2n) is 5.48. The number of hydrogen-bond donors (Lipinski definition) is 1. The number of unbranched alkanes of at least 4 members (excludes halogenated alkanes) is 1. The Morgan fingerprint density at radius 3 is 2.36 bits per heavy atom. The van der Waals surface area contributed by atoms with Crippen molar-refractivity contribution in [2.24, 2.45) is 0 Å². The minimum Gasteiger partial charge on any atom is -0.355 e. The van der Waals surface area contributed by atoms with Gasteiger partial charge in [-0.25, -0.2) is 8.42 Å².